The Kier molecular flexibility index (Phi) is 5.32. The van der Waals surface area contributed by atoms with Gasteiger partial charge < -0.3 is 10.1 Å². The molecule has 21 heavy (non-hydrogen) atoms. The van der Waals surface area contributed by atoms with Crippen molar-refractivity contribution in [2.45, 2.75) is 32.4 Å². The number of anilines is 1. The van der Waals surface area contributed by atoms with Crippen molar-refractivity contribution >= 4 is 11.6 Å². The molecule has 0 saturated carbocycles. The van der Waals surface area contributed by atoms with Crippen molar-refractivity contribution in [2.75, 3.05) is 25.0 Å². The van der Waals surface area contributed by atoms with E-state index in [1.54, 1.807) is 24.3 Å². The van der Waals surface area contributed by atoms with Gasteiger partial charge in [0.05, 0.1) is 30.4 Å². The number of benzene rings is 1. The second kappa shape index (κ2) is 7.21. The lowest BCUT2D eigenvalue weighted by Crippen LogP contribution is -2.50. The van der Waals surface area contributed by atoms with Crippen molar-refractivity contribution in [3.63, 3.8) is 0 Å². The summed E-state index contributed by atoms with van der Waals surface area (Å²) in [7, 11) is 0. The van der Waals surface area contributed by atoms with Crippen molar-refractivity contribution in [3.05, 3.63) is 29.8 Å². The quantitative estimate of drug-likeness (QED) is 0.920. The monoisotopic (exact) mass is 287 g/mol. The summed E-state index contributed by atoms with van der Waals surface area (Å²) >= 11 is 0. The first-order valence-electron chi connectivity index (χ1n) is 7.30. The van der Waals surface area contributed by atoms with E-state index < -0.39 is 0 Å². The maximum atomic E-state index is 12.3. The number of nitrogens with one attached hydrogen (secondary N) is 1. The number of carbonyl (C=O) groups is 1. The Balaban J connectivity index is 1.97. The molecular weight excluding hydrogens is 266 g/mol. The van der Waals surface area contributed by atoms with Crippen LogP contribution in [0, 0.1) is 11.3 Å². The van der Waals surface area contributed by atoms with Crippen LogP contribution in [0.15, 0.2) is 24.3 Å². The topological polar surface area (TPSA) is 65.4 Å². The summed E-state index contributed by atoms with van der Waals surface area (Å²) in [5.74, 6) is -0.0538. The highest BCUT2D eigenvalue weighted by Gasteiger charge is 2.27. The van der Waals surface area contributed by atoms with Crippen LogP contribution in [0.25, 0.3) is 0 Å². The van der Waals surface area contributed by atoms with E-state index in [4.69, 9.17) is 10.00 Å². The molecule has 5 heteroatoms. The third-order valence-electron chi connectivity index (χ3n) is 3.81. The number of hydrogen-bond donors (Lipinski definition) is 1. The maximum Gasteiger partial charge on any atom is 0.241 e. The molecule has 1 N–H and O–H groups in total. The largest absolute Gasteiger partial charge is 0.376 e. The average Bonchev–Trinajstić information content (AvgIpc) is 2.54. The van der Waals surface area contributed by atoms with Crippen molar-refractivity contribution < 1.29 is 9.53 Å². The fourth-order valence-corrected chi connectivity index (χ4v) is 2.42. The van der Waals surface area contributed by atoms with Crippen molar-refractivity contribution in [1.82, 2.24) is 4.90 Å². The molecule has 1 aromatic carbocycles. The van der Waals surface area contributed by atoms with Gasteiger partial charge in [-0.25, -0.2) is 0 Å². The van der Waals surface area contributed by atoms with E-state index >= 15 is 0 Å². The lowest BCUT2D eigenvalue weighted by atomic mass is 10.1. The summed E-state index contributed by atoms with van der Waals surface area (Å²) in [6.45, 7) is 6.21. The van der Waals surface area contributed by atoms with Gasteiger partial charge in [-0.2, -0.15) is 5.26 Å². The van der Waals surface area contributed by atoms with E-state index in [2.05, 4.69) is 23.2 Å². The van der Waals surface area contributed by atoms with Crippen molar-refractivity contribution in [1.29, 1.82) is 5.26 Å². The Morgan fingerprint density at radius 3 is 3.14 bits per heavy atom. The molecule has 2 rings (SSSR count). The maximum absolute atomic E-state index is 12.3. The highest BCUT2D eigenvalue weighted by atomic mass is 16.5. The number of ether oxygens (including phenoxy) is 1. The molecule has 2 unspecified atom stereocenters. The smallest absolute Gasteiger partial charge is 0.241 e. The summed E-state index contributed by atoms with van der Waals surface area (Å²) < 4.78 is 5.63. The van der Waals surface area contributed by atoms with E-state index in [-0.39, 0.29) is 18.1 Å². The SMILES string of the molecule is CCC1CN(C(C)C(=O)Nc2cccc(C#N)c2)CCO1. The summed E-state index contributed by atoms with van der Waals surface area (Å²) in [5, 5.41) is 11.8. The third kappa shape index (κ3) is 4.03. The van der Waals surface area contributed by atoms with Gasteiger partial charge in [-0.15, -0.1) is 0 Å². The van der Waals surface area contributed by atoms with E-state index in [1.165, 1.54) is 0 Å². The third-order valence-corrected chi connectivity index (χ3v) is 3.81. The zero-order chi connectivity index (χ0) is 15.2. The molecule has 1 aliphatic rings. The second-order valence-electron chi connectivity index (χ2n) is 5.25. The molecule has 1 saturated heterocycles. The fourth-order valence-electron chi connectivity index (χ4n) is 2.42. The van der Waals surface area contributed by atoms with Crippen LogP contribution in [0.3, 0.4) is 0 Å². The predicted octanol–water partition coefficient (Wildman–Crippen LogP) is 2.00. The molecule has 112 valence electrons. The van der Waals surface area contributed by atoms with Gasteiger partial charge >= 0.3 is 0 Å². The number of amides is 1. The van der Waals surface area contributed by atoms with E-state index in [1.807, 2.05) is 6.92 Å². The van der Waals surface area contributed by atoms with Gasteiger partial charge in [-0.1, -0.05) is 13.0 Å². The molecule has 0 radical (unpaired) electrons. The number of morpholine rings is 1. The number of rotatable bonds is 4. The number of nitriles is 1. The van der Waals surface area contributed by atoms with Gasteiger partial charge in [0.1, 0.15) is 0 Å². The van der Waals surface area contributed by atoms with E-state index in [0.717, 1.165) is 19.5 Å². The first-order valence-corrected chi connectivity index (χ1v) is 7.30. The minimum Gasteiger partial charge on any atom is -0.376 e. The standard InChI is InChI=1S/C16H21N3O2/c1-3-15-11-19(7-8-21-15)12(2)16(20)18-14-6-4-5-13(9-14)10-17/h4-6,9,12,15H,3,7-8,11H2,1-2H3,(H,18,20). The molecule has 0 spiro atoms. The summed E-state index contributed by atoms with van der Waals surface area (Å²) in [5.41, 5.74) is 1.20. The van der Waals surface area contributed by atoms with Gasteiger partial charge in [0, 0.05) is 18.8 Å². The Morgan fingerprint density at radius 1 is 1.62 bits per heavy atom. The zero-order valence-corrected chi connectivity index (χ0v) is 12.5. The molecule has 5 nitrogen and oxygen atoms in total. The van der Waals surface area contributed by atoms with Gasteiger partial charge in [0.25, 0.3) is 0 Å². The normalized spacial score (nSPS) is 20.5. The first kappa shape index (κ1) is 15.5. The van der Waals surface area contributed by atoms with Crippen LogP contribution in [0.2, 0.25) is 0 Å². The summed E-state index contributed by atoms with van der Waals surface area (Å²) in [6.07, 6.45) is 1.16. The van der Waals surface area contributed by atoms with E-state index in [9.17, 15) is 4.79 Å². The number of carbonyl (C=O) groups excluding carboxylic acids is 1. The minimum absolute atomic E-state index is 0.0538. The summed E-state index contributed by atoms with van der Waals surface area (Å²) in [6, 6.07) is 8.80. The van der Waals surface area contributed by atoms with Crippen LogP contribution in [0.5, 0.6) is 0 Å². The Labute approximate surface area is 125 Å². The van der Waals surface area contributed by atoms with Crippen LogP contribution in [-0.2, 0) is 9.53 Å². The molecule has 1 fully saturated rings. The van der Waals surface area contributed by atoms with Crippen LogP contribution < -0.4 is 5.32 Å². The van der Waals surface area contributed by atoms with Crippen LogP contribution in [-0.4, -0.2) is 42.6 Å². The lowest BCUT2D eigenvalue weighted by Gasteiger charge is -2.35. The Bertz CT molecular complexity index is 539. The molecule has 1 amide bonds. The number of nitrogens with zero attached hydrogens (tertiary/aromatic N) is 2. The second-order valence-corrected chi connectivity index (χ2v) is 5.25. The van der Waals surface area contributed by atoms with E-state index in [0.29, 0.717) is 17.9 Å². The molecule has 0 aliphatic carbocycles. The lowest BCUT2D eigenvalue weighted by molar-refractivity contribution is -0.124. The summed E-state index contributed by atoms with van der Waals surface area (Å²) in [4.78, 5) is 14.5. The average molecular weight is 287 g/mol. The predicted molar refractivity (Wildman–Crippen MR) is 80.9 cm³/mol. The number of hydrogen-bond acceptors (Lipinski definition) is 4. The highest BCUT2D eigenvalue weighted by molar-refractivity contribution is 5.94. The molecule has 1 aliphatic heterocycles. The van der Waals surface area contributed by atoms with Gasteiger partial charge in [-0.3, -0.25) is 9.69 Å². The first-order chi connectivity index (χ1) is 10.1. The Hall–Kier alpha value is -1.90. The molecule has 1 aromatic rings. The van der Waals surface area contributed by atoms with Crippen LogP contribution >= 0.6 is 0 Å². The zero-order valence-electron chi connectivity index (χ0n) is 12.5. The molecule has 0 aromatic heterocycles. The van der Waals surface area contributed by atoms with Crippen LogP contribution in [0.1, 0.15) is 25.8 Å². The molecule has 0 bridgehead atoms. The van der Waals surface area contributed by atoms with Gasteiger partial charge in [-0.05, 0) is 31.5 Å². The Morgan fingerprint density at radius 2 is 2.43 bits per heavy atom. The fraction of sp³-hybridized carbons (Fsp3) is 0.500. The molecular formula is C16H21N3O2. The van der Waals surface area contributed by atoms with Gasteiger partial charge in [0.2, 0.25) is 5.91 Å². The van der Waals surface area contributed by atoms with Crippen molar-refractivity contribution in [2.24, 2.45) is 0 Å². The van der Waals surface area contributed by atoms with Gasteiger partial charge in [0.15, 0.2) is 0 Å². The highest BCUT2D eigenvalue weighted by Crippen LogP contribution is 2.14. The minimum atomic E-state index is -0.214. The molecule has 2 atom stereocenters. The van der Waals surface area contributed by atoms with Crippen LogP contribution in [0.4, 0.5) is 5.69 Å². The van der Waals surface area contributed by atoms with Crippen molar-refractivity contribution in [3.8, 4) is 6.07 Å². The molecule has 1 heterocycles.